The van der Waals surface area contributed by atoms with Gasteiger partial charge in [-0.15, -0.1) is 11.6 Å². The number of benzene rings is 1. The Labute approximate surface area is 123 Å². The lowest BCUT2D eigenvalue weighted by molar-refractivity contribution is -0.129. The molecule has 1 atom stereocenters. The van der Waals surface area contributed by atoms with Crippen LogP contribution < -0.4 is 16.4 Å². The molecule has 0 spiro atoms. The zero-order valence-electron chi connectivity index (χ0n) is 11.9. The second-order valence-corrected chi connectivity index (χ2v) is 5.59. The molecule has 0 fully saturated rings. The molecule has 0 heterocycles. The van der Waals surface area contributed by atoms with Gasteiger partial charge in [-0.2, -0.15) is 0 Å². The summed E-state index contributed by atoms with van der Waals surface area (Å²) < 4.78 is 0. The van der Waals surface area contributed by atoms with Gasteiger partial charge in [0.2, 0.25) is 5.91 Å². The zero-order chi connectivity index (χ0) is 15.3. The van der Waals surface area contributed by atoms with Crippen LogP contribution in [0.1, 0.15) is 32.4 Å². The highest BCUT2D eigenvalue weighted by Gasteiger charge is 2.27. The van der Waals surface area contributed by atoms with Crippen molar-refractivity contribution in [2.24, 2.45) is 11.1 Å². The molecule has 4 N–H and O–H groups in total. The summed E-state index contributed by atoms with van der Waals surface area (Å²) in [7, 11) is 0. The normalized spacial score (nSPS) is 12.6. The van der Waals surface area contributed by atoms with E-state index in [-0.39, 0.29) is 17.8 Å². The molecule has 1 unspecified atom stereocenters. The number of nitrogens with two attached hydrogens (primary N) is 1. The van der Waals surface area contributed by atoms with E-state index in [0.29, 0.717) is 5.69 Å². The Morgan fingerprint density at radius 3 is 2.30 bits per heavy atom. The summed E-state index contributed by atoms with van der Waals surface area (Å²) in [5.41, 5.74) is 5.97. The van der Waals surface area contributed by atoms with Crippen LogP contribution in [0.4, 0.5) is 10.5 Å². The van der Waals surface area contributed by atoms with E-state index in [9.17, 15) is 9.59 Å². The molecule has 6 heteroatoms. The summed E-state index contributed by atoms with van der Waals surface area (Å²) in [5.74, 6) is 0.159. The van der Waals surface area contributed by atoms with Crippen molar-refractivity contribution in [1.29, 1.82) is 0 Å². The number of nitrogens with one attached hydrogen (secondary N) is 2. The molecule has 5 nitrogen and oxygen atoms in total. The highest BCUT2D eigenvalue weighted by Crippen LogP contribution is 2.21. The SMILES string of the molecule is CC(NC(=O)C(C)(C)CCl)c1ccc(NC(N)=O)cc1. The lowest BCUT2D eigenvalue weighted by Crippen LogP contribution is -2.39. The third kappa shape index (κ3) is 4.42. The highest BCUT2D eigenvalue weighted by atomic mass is 35.5. The van der Waals surface area contributed by atoms with Crippen molar-refractivity contribution in [1.82, 2.24) is 5.32 Å². The van der Waals surface area contributed by atoms with Gasteiger partial charge in [0, 0.05) is 11.6 Å². The summed E-state index contributed by atoms with van der Waals surface area (Å²) in [6.07, 6.45) is 0. The second kappa shape index (κ2) is 6.61. The van der Waals surface area contributed by atoms with Crippen LogP contribution in [0, 0.1) is 5.41 Å². The fraction of sp³-hybridized carbons (Fsp3) is 0.429. The number of rotatable bonds is 5. The summed E-state index contributed by atoms with van der Waals surface area (Å²) in [6, 6.07) is 6.36. The number of primary amides is 1. The van der Waals surface area contributed by atoms with E-state index in [1.54, 1.807) is 26.0 Å². The van der Waals surface area contributed by atoms with Crippen LogP contribution in [0.5, 0.6) is 0 Å². The van der Waals surface area contributed by atoms with E-state index in [2.05, 4.69) is 10.6 Å². The molecule has 1 aromatic carbocycles. The fourth-order valence-electron chi connectivity index (χ4n) is 1.53. The smallest absolute Gasteiger partial charge is 0.316 e. The van der Waals surface area contributed by atoms with Gasteiger partial charge in [0.1, 0.15) is 0 Å². The van der Waals surface area contributed by atoms with Crippen molar-refractivity contribution in [3.63, 3.8) is 0 Å². The number of anilines is 1. The average molecular weight is 298 g/mol. The minimum absolute atomic E-state index is 0.0978. The van der Waals surface area contributed by atoms with E-state index in [1.165, 1.54) is 0 Å². The van der Waals surface area contributed by atoms with Gasteiger partial charge < -0.3 is 16.4 Å². The Hall–Kier alpha value is -1.75. The molecular weight excluding hydrogens is 278 g/mol. The number of urea groups is 1. The molecule has 0 radical (unpaired) electrons. The molecule has 0 aromatic heterocycles. The van der Waals surface area contributed by atoms with Gasteiger partial charge in [0.15, 0.2) is 0 Å². The molecule has 1 aromatic rings. The molecule has 0 aliphatic carbocycles. The van der Waals surface area contributed by atoms with Crippen LogP contribution in [0.3, 0.4) is 0 Å². The number of carbonyl (C=O) groups is 2. The lowest BCUT2D eigenvalue weighted by atomic mass is 9.94. The van der Waals surface area contributed by atoms with Crippen LogP contribution in [0.15, 0.2) is 24.3 Å². The van der Waals surface area contributed by atoms with Gasteiger partial charge >= 0.3 is 6.03 Å². The van der Waals surface area contributed by atoms with Gasteiger partial charge in [-0.3, -0.25) is 4.79 Å². The molecule has 0 saturated heterocycles. The molecule has 0 bridgehead atoms. The monoisotopic (exact) mass is 297 g/mol. The van der Waals surface area contributed by atoms with Crippen molar-refractivity contribution in [3.8, 4) is 0 Å². The minimum atomic E-state index is -0.608. The molecule has 20 heavy (non-hydrogen) atoms. The largest absolute Gasteiger partial charge is 0.351 e. The van der Waals surface area contributed by atoms with Crippen LogP contribution in [-0.2, 0) is 4.79 Å². The average Bonchev–Trinajstić information content (AvgIpc) is 2.38. The molecule has 110 valence electrons. The van der Waals surface area contributed by atoms with Crippen molar-refractivity contribution in [2.45, 2.75) is 26.8 Å². The van der Waals surface area contributed by atoms with Crippen molar-refractivity contribution >= 4 is 29.2 Å². The molecular formula is C14H20ClN3O2. The standard InChI is InChI=1S/C14H20ClN3O2/c1-9(17-12(19)14(2,3)8-15)10-4-6-11(7-5-10)18-13(16)20/h4-7,9H,8H2,1-3H3,(H,17,19)(H3,16,18,20). The van der Waals surface area contributed by atoms with E-state index in [4.69, 9.17) is 17.3 Å². The Balaban J connectivity index is 2.71. The lowest BCUT2D eigenvalue weighted by Gasteiger charge is -2.24. The van der Waals surface area contributed by atoms with Gasteiger partial charge in [-0.05, 0) is 38.5 Å². The van der Waals surface area contributed by atoms with Crippen molar-refractivity contribution < 1.29 is 9.59 Å². The van der Waals surface area contributed by atoms with Crippen LogP contribution in [-0.4, -0.2) is 17.8 Å². The summed E-state index contributed by atoms with van der Waals surface area (Å²) in [6.45, 7) is 5.47. The quantitative estimate of drug-likeness (QED) is 0.730. The number of halogens is 1. The first-order valence-electron chi connectivity index (χ1n) is 6.29. The minimum Gasteiger partial charge on any atom is -0.351 e. The third-order valence-corrected chi connectivity index (χ3v) is 3.64. The number of alkyl halides is 1. The van der Waals surface area contributed by atoms with Gasteiger partial charge in [-0.1, -0.05) is 12.1 Å². The van der Waals surface area contributed by atoms with Crippen LogP contribution >= 0.6 is 11.6 Å². The predicted molar refractivity (Wildman–Crippen MR) is 80.7 cm³/mol. The van der Waals surface area contributed by atoms with Crippen LogP contribution in [0.2, 0.25) is 0 Å². The number of amides is 3. The fourth-order valence-corrected chi connectivity index (χ4v) is 1.65. The topological polar surface area (TPSA) is 84.2 Å². The molecule has 0 aliphatic rings. The van der Waals surface area contributed by atoms with E-state index in [0.717, 1.165) is 5.56 Å². The van der Waals surface area contributed by atoms with E-state index >= 15 is 0 Å². The predicted octanol–water partition coefficient (Wildman–Crippen LogP) is 2.62. The molecule has 0 aliphatic heterocycles. The number of hydrogen-bond acceptors (Lipinski definition) is 2. The number of carbonyl (C=O) groups excluding carboxylic acids is 2. The maximum Gasteiger partial charge on any atom is 0.316 e. The second-order valence-electron chi connectivity index (χ2n) is 5.32. The highest BCUT2D eigenvalue weighted by molar-refractivity contribution is 6.19. The first kappa shape index (κ1) is 16.3. The summed E-state index contributed by atoms with van der Waals surface area (Å²) in [4.78, 5) is 22.7. The maximum atomic E-state index is 12.0. The Morgan fingerprint density at radius 1 is 1.30 bits per heavy atom. The first-order chi connectivity index (χ1) is 9.26. The molecule has 3 amide bonds. The summed E-state index contributed by atoms with van der Waals surface area (Å²) >= 11 is 5.77. The van der Waals surface area contributed by atoms with Crippen LogP contribution in [0.25, 0.3) is 0 Å². The van der Waals surface area contributed by atoms with Crippen molar-refractivity contribution in [2.75, 3.05) is 11.2 Å². The van der Waals surface area contributed by atoms with Gasteiger partial charge in [0.25, 0.3) is 0 Å². The maximum absolute atomic E-state index is 12.0. The first-order valence-corrected chi connectivity index (χ1v) is 6.83. The Bertz CT molecular complexity index is 486. The van der Waals surface area contributed by atoms with E-state index < -0.39 is 11.4 Å². The third-order valence-electron chi connectivity index (χ3n) is 2.97. The summed E-state index contributed by atoms with van der Waals surface area (Å²) in [5, 5.41) is 5.39. The van der Waals surface area contributed by atoms with E-state index in [1.807, 2.05) is 19.1 Å². The molecule has 1 rings (SSSR count). The van der Waals surface area contributed by atoms with Crippen molar-refractivity contribution in [3.05, 3.63) is 29.8 Å². The molecule has 0 saturated carbocycles. The van der Waals surface area contributed by atoms with Gasteiger partial charge in [-0.25, -0.2) is 4.79 Å². The zero-order valence-corrected chi connectivity index (χ0v) is 12.6. The Morgan fingerprint density at radius 2 is 1.85 bits per heavy atom. The van der Waals surface area contributed by atoms with Gasteiger partial charge in [0.05, 0.1) is 11.5 Å². The Kier molecular flexibility index (Phi) is 5.39. The number of hydrogen-bond donors (Lipinski definition) is 3.